The van der Waals surface area contributed by atoms with Gasteiger partial charge in [0.15, 0.2) is 17.1 Å². The van der Waals surface area contributed by atoms with Crippen LogP contribution < -0.4 is 15.3 Å². The highest BCUT2D eigenvalue weighted by molar-refractivity contribution is 7.52. The van der Waals surface area contributed by atoms with Crippen LogP contribution in [0, 0.1) is 18.4 Å². The number of fused-ring (bicyclic) bond motifs is 1. The third-order valence-corrected chi connectivity index (χ3v) is 12.1. The van der Waals surface area contributed by atoms with Crippen LogP contribution in [-0.4, -0.2) is 68.7 Å². The van der Waals surface area contributed by atoms with Crippen molar-refractivity contribution in [2.45, 2.75) is 140 Å². The van der Waals surface area contributed by atoms with Crippen LogP contribution in [0.5, 0.6) is 5.75 Å². The monoisotopic (exact) mass is 850 g/mol. The van der Waals surface area contributed by atoms with Gasteiger partial charge in [-0.1, -0.05) is 158 Å². The number of esters is 1. The molecule has 0 saturated carbocycles. The van der Waals surface area contributed by atoms with Gasteiger partial charge in [-0.15, -0.1) is 6.42 Å². The van der Waals surface area contributed by atoms with Crippen molar-refractivity contribution >= 4 is 30.7 Å². The van der Waals surface area contributed by atoms with Crippen LogP contribution in [0.15, 0.2) is 67.0 Å². The number of hydrogen-bond acceptors (Lipinski definition) is 11. The van der Waals surface area contributed by atoms with Gasteiger partial charge in [0.1, 0.15) is 30.0 Å². The van der Waals surface area contributed by atoms with E-state index < -0.39 is 44.1 Å². The number of nitrogens with zero attached hydrogens (tertiary/aromatic N) is 4. The Kier molecular flexibility index (Phi) is 21.0. The van der Waals surface area contributed by atoms with Gasteiger partial charge >= 0.3 is 19.8 Å². The molecule has 328 valence electrons. The number of para-hydroxylation sites is 1. The zero-order valence-corrected chi connectivity index (χ0v) is 36.2. The summed E-state index contributed by atoms with van der Waals surface area (Å²) >= 11 is 0. The minimum absolute atomic E-state index is 0.0172. The Bertz CT molecular complexity index is 1930. The number of halogens is 1. The third-order valence-electron chi connectivity index (χ3n) is 10.5. The zero-order chi connectivity index (χ0) is 43.1. The summed E-state index contributed by atoms with van der Waals surface area (Å²) in [6.07, 6.45) is 24.5. The Morgan fingerprint density at radius 2 is 1.48 bits per heavy atom. The molecule has 4 atom stereocenters. The maximum Gasteiger partial charge on any atom is 0.459 e. The van der Waals surface area contributed by atoms with Crippen LogP contribution in [0.3, 0.4) is 0 Å². The van der Waals surface area contributed by atoms with Gasteiger partial charge in [0.2, 0.25) is 0 Å². The van der Waals surface area contributed by atoms with Crippen LogP contribution in [-0.2, 0) is 36.3 Å². The number of nitrogens with two attached hydrogens (primary N) is 1. The summed E-state index contributed by atoms with van der Waals surface area (Å²) in [6, 6.07) is 16.4. The molecule has 4 aromatic rings. The quantitative estimate of drug-likeness (QED) is 0.0144. The molecule has 2 heterocycles. The number of anilines is 1. The summed E-state index contributed by atoms with van der Waals surface area (Å²) in [4.78, 5) is 25.1. The van der Waals surface area contributed by atoms with Crippen molar-refractivity contribution in [2.75, 3.05) is 26.1 Å². The largest absolute Gasteiger partial charge is 0.465 e. The number of nitrogen functional groups attached to an aromatic ring is 1. The maximum atomic E-state index is 14.7. The number of aliphatic hydroxyl groups is 1. The van der Waals surface area contributed by atoms with Crippen molar-refractivity contribution in [3.05, 3.63) is 78.6 Å². The van der Waals surface area contributed by atoms with Gasteiger partial charge in [-0.2, -0.15) is 19.4 Å². The van der Waals surface area contributed by atoms with E-state index in [4.69, 9.17) is 30.7 Å². The minimum atomic E-state index is -4.49. The lowest BCUT2D eigenvalue weighted by Gasteiger charge is -2.33. The molecule has 4 rings (SSSR count). The molecule has 0 spiro atoms. The molecule has 2 aromatic carbocycles. The fourth-order valence-corrected chi connectivity index (χ4v) is 8.45. The molecule has 4 N–H and O–H groups in total. The second-order valence-electron chi connectivity index (χ2n) is 15.2. The number of terminal acetylenes is 1. The van der Waals surface area contributed by atoms with E-state index in [-0.39, 0.29) is 42.3 Å². The molecule has 2 aromatic heterocycles. The molecular weight excluding hydrogens is 787 g/mol. The number of rotatable bonds is 31. The van der Waals surface area contributed by atoms with Crippen LogP contribution in [0.25, 0.3) is 11.2 Å². The summed E-state index contributed by atoms with van der Waals surface area (Å²) in [5.41, 5.74) is 4.80. The van der Waals surface area contributed by atoms with Gasteiger partial charge in [-0.05, 0) is 30.5 Å². The molecule has 0 bridgehead atoms. The Morgan fingerprint density at radius 1 is 0.917 bits per heavy atom. The van der Waals surface area contributed by atoms with E-state index in [1.807, 2.05) is 30.3 Å². The van der Waals surface area contributed by atoms with Crippen molar-refractivity contribution in [1.82, 2.24) is 24.6 Å². The molecule has 15 heteroatoms. The van der Waals surface area contributed by atoms with E-state index in [1.165, 1.54) is 95.1 Å². The lowest BCUT2D eigenvalue weighted by atomic mass is 9.98. The van der Waals surface area contributed by atoms with E-state index in [2.05, 4.69) is 32.9 Å². The van der Waals surface area contributed by atoms with Gasteiger partial charge in [-0.3, -0.25) is 9.32 Å². The van der Waals surface area contributed by atoms with Gasteiger partial charge in [-0.25, -0.2) is 9.55 Å². The number of nitrogens with one attached hydrogen (secondary N) is 1. The molecule has 0 aliphatic heterocycles. The molecule has 0 fully saturated rings. The average Bonchev–Trinajstić information content (AvgIpc) is 3.65. The second-order valence-corrected chi connectivity index (χ2v) is 16.9. The Hall–Kier alpha value is -4.38. The van der Waals surface area contributed by atoms with Gasteiger partial charge in [0.05, 0.1) is 19.5 Å². The lowest BCUT2D eigenvalue weighted by molar-refractivity contribution is -0.146. The normalized spacial score (nSPS) is 14.5. The molecule has 0 saturated heterocycles. The number of benzene rings is 2. The average molecular weight is 851 g/mol. The van der Waals surface area contributed by atoms with Gasteiger partial charge in [0.25, 0.3) is 0 Å². The van der Waals surface area contributed by atoms with Crippen LogP contribution in [0.4, 0.5) is 10.2 Å². The molecule has 0 aliphatic carbocycles. The first-order valence-corrected chi connectivity index (χ1v) is 23.0. The third kappa shape index (κ3) is 15.9. The topological polar surface area (TPSA) is 173 Å². The van der Waals surface area contributed by atoms with Crippen molar-refractivity contribution in [3.8, 4) is 18.1 Å². The summed E-state index contributed by atoms with van der Waals surface area (Å²) in [6.45, 7) is 1.50. The highest BCUT2D eigenvalue weighted by Crippen LogP contribution is 2.46. The summed E-state index contributed by atoms with van der Waals surface area (Å²) in [7, 11) is -3.24. The molecule has 13 nitrogen and oxygen atoms in total. The maximum absolute atomic E-state index is 14.7. The first kappa shape index (κ1) is 48.3. The summed E-state index contributed by atoms with van der Waals surface area (Å²) in [5, 5.41) is 14.3. The molecular formula is C45H64FN6O7P. The Labute approximate surface area is 355 Å². The van der Waals surface area contributed by atoms with E-state index in [1.54, 1.807) is 30.3 Å². The smallest absolute Gasteiger partial charge is 0.459 e. The van der Waals surface area contributed by atoms with E-state index in [0.717, 1.165) is 24.8 Å². The predicted molar refractivity (Wildman–Crippen MR) is 232 cm³/mol. The fraction of sp³-hybridized carbons (Fsp3) is 0.556. The first-order valence-electron chi connectivity index (χ1n) is 21.4. The lowest BCUT2D eigenvalue weighted by Crippen LogP contribution is -2.49. The highest BCUT2D eigenvalue weighted by Gasteiger charge is 2.43. The molecule has 0 amide bonds. The minimum Gasteiger partial charge on any atom is -0.465 e. The number of imidazole rings is 1. The fourth-order valence-electron chi connectivity index (χ4n) is 6.93. The molecule has 60 heavy (non-hydrogen) atoms. The summed E-state index contributed by atoms with van der Waals surface area (Å²) in [5.74, 6) is 1.79. The number of ether oxygens (including phenoxy) is 2. The second kappa shape index (κ2) is 26.1. The van der Waals surface area contributed by atoms with E-state index in [9.17, 15) is 18.9 Å². The zero-order valence-electron chi connectivity index (χ0n) is 35.3. The Morgan fingerprint density at radius 3 is 2.05 bits per heavy atom. The van der Waals surface area contributed by atoms with Crippen LogP contribution in [0.1, 0.15) is 115 Å². The van der Waals surface area contributed by atoms with E-state index in [0.29, 0.717) is 6.42 Å². The standard InChI is InChI=1S/C45H64FN6O7P/c1-4-6-7-8-9-10-11-12-13-14-15-16-17-18-19-26-31-57-43(54)38(32-36-27-22-20-23-28-36)51-60(55,59-37-29-24-21-25-30-37)58-34-45(5-2,56-3)39(53)33-52-35-48-40-41(47)49-44(46)50-42(40)52/h2,20-25,27-30,35,38-39,53H,4,6-19,26,31-34H2,1,3H3,(H,51,55)(H2,47,49,50)/t38-,39-,45+,60?/m0/s1. The van der Waals surface area contributed by atoms with Crippen molar-refractivity contribution < 1.29 is 37.4 Å². The van der Waals surface area contributed by atoms with Crippen molar-refractivity contribution in [1.29, 1.82) is 0 Å². The number of aliphatic hydroxyl groups excluding tert-OH is 1. The highest BCUT2D eigenvalue weighted by atomic mass is 31.2. The van der Waals surface area contributed by atoms with Crippen LogP contribution >= 0.6 is 7.75 Å². The van der Waals surface area contributed by atoms with Gasteiger partial charge in [0, 0.05) is 7.11 Å². The van der Waals surface area contributed by atoms with Gasteiger partial charge < -0.3 is 29.4 Å². The van der Waals surface area contributed by atoms with Crippen LogP contribution in [0.2, 0.25) is 0 Å². The summed E-state index contributed by atoms with van der Waals surface area (Å²) < 4.78 is 53.4. The predicted octanol–water partition coefficient (Wildman–Crippen LogP) is 9.14. The number of carbonyl (C=O) groups is 1. The van der Waals surface area contributed by atoms with Crippen molar-refractivity contribution in [3.63, 3.8) is 0 Å². The SMILES string of the molecule is C#C[C@](COP(=O)(N[C@@H](Cc1ccccc1)C(=O)OCCCCCCCCCCCCCCCCCC)Oc1ccccc1)(OC)[C@@H](O)Cn1cnc2c(N)nc(F)nc21. The number of unbranched alkanes of at least 4 members (excludes halogenated alkanes) is 15. The first-order chi connectivity index (χ1) is 29.1. The molecule has 0 aliphatic rings. The van der Waals surface area contributed by atoms with E-state index >= 15 is 0 Å². The molecule has 1 unspecified atom stereocenters. The number of hydrogen-bond donors (Lipinski definition) is 3. The molecule has 0 radical (unpaired) electrons. The van der Waals surface area contributed by atoms with Crippen molar-refractivity contribution in [2.24, 2.45) is 0 Å². The Balaban J connectivity index is 1.34. The number of methoxy groups -OCH3 is 1. The number of carbonyl (C=O) groups excluding carboxylic acids is 1. The number of aromatic nitrogens is 4.